The summed E-state index contributed by atoms with van der Waals surface area (Å²) in [6.45, 7) is 3.48. The molecule has 0 spiro atoms. The SMILES string of the molecule is CC(C)OC(=O)[n+]1ccc2occc2c1C([O-])c1ccc(C#N)cc1. The number of fused-ring (bicyclic) bond motifs is 1. The molecule has 3 rings (SSSR count). The number of pyridine rings is 1. The van der Waals surface area contributed by atoms with Gasteiger partial charge >= 0.3 is 6.09 Å². The minimum atomic E-state index is -1.34. The molecule has 0 aliphatic rings. The number of carbonyl (C=O) groups excluding carboxylic acids is 1. The molecule has 1 aromatic carbocycles. The van der Waals surface area contributed by atoms with Gasteiger partial charge in [-0.3, -0.25) is 0 Å². The normalized spacial score (nSPS) is 12.1. The molecule has 0 fully saturated rings. The van der Waals surface area contributed by atoms with E-state index in [9.17, 15) is 9.90 Å². The first-order valence-electron chi connectivity index (χ1n) is 7.80. The van der Waals surface area contributed by atoms with E-state index in [2.05, 4.69) is 0 Å². The van der Waals surface area contributed by atoms with Crippen LogP contribution in [0, 0.1) is 11.3 Å². The Morgan fingerprint density at radius 2 is 1.96 bits per heavy atom. The van der Waals surface area contributed by atoms with Crippen LogP contribution in [0.1, 0.15) is 36.8 Å². The number of aromatic nitrogens is 1. The topological polar surface area (TPSA) is 90.2 Å². The molecule has 0 radical (unpaired) electrons. The van der Waals surface area contributed by atoms with Crippen molar-refractivity contribution >= 4 is 17.1 Å². The van der Waals surface area contributed by atoms with Crippen LogP contribution in [-0.2, 0) is 4.74 Å². The van der Waals surface area contributed by atoms with Gasteiger partial charge in [0.15, 0.2) is 11.9 Å². The molecule has 0 amide bonds. The van der Waals surface area contributed by atoms with Gasteiger partial charge in [-0.1, -0.05) is 22.3 Å². The van der Waals surface area contributed by atoms with Gasteiger partial charge in [0.1, 0.15) is 11.7 Å². The van der Waals surface area contributed by atoms with E-state index in [4.69, 9.17) is 14.4 Å². The molecular formula is C19H16N2O4. The Hall–Kier alpha value is -3.17. The molecule has 0 N–H and O–H groups in total. The first kappa shape index (κ1) is 16.7. The smallest absolute Gasteiger partial charge is 0.602 e. The summed E-state index contributed by atoms with van der Waals surface area (Å²) in [5.74, 6) is 0. The molecule has 126 valence electrons. The van der Waals surface area contributed by atoms with Crippen LogP contribution in [0.4, 0.5) is 4.79 Å². The highest BCUT2D eigenvalue weighted by Crippen LogP contribution is 2.25. The maximum Gasteiger partial charge on any atom is 0.602 e. The summed E-state index contributed by atoms with van der Waals surface area (Å²) in [7, 11) is 0. The fourth-order valence-electron chi connectivity index (χ4n) is 2.59. The van der Waals surface area contributed by atoms with E-state index in [0.717, 1.165) is 0 Å². The molecule has 6 nitrogen and oxygen atoms in total. The van der Waals surface area contributed by atoms with E-state index < -0.39 is 12.2 Å². The minimum absolute atomic E-state index is 0.238. The zero-order valence-corrected chi connectivity index (χ0v) is 13.8. The third-order valence-corrected chi connectivity index (χ3v) is 3.73. The fourth-order valence-corrected chi connectivity index (χ4v) is 2.59. The first-order valence-corrected chi connectivity index (χ1v) is 7.80. The zero-order chi connectivity index (χ0) is 18.0. The lowest BCUT2D eigenvalue weighted by Gasteiger charge is -2.21. The average molecular weight is 336 g/mol. The molecule has 1 unspecified atom stereocenters. The quantitative estimate of drug-likeness (QED) is 0.685. The minimum Gasteiger partial charge on any atom is -0.841 e. The van der Waals surface area contributed by atoms with E-state index in [0.29, 0.717) is 22.1 Å². The second-order valence-corrected chi connectivity index (χ2v) is 5.82. The highest BCUT2D eigenvalue weighted by atomic mass is 16.6. The highest BCUT2D eigenvalue weighted by Gasteiger charge is 2.28. The van der Waals surface area contributed by atoms with Crippen LogP contribution >= 0.6 is 0 Å². The standard InChI is InChI=1S/C19H16N2O4/c1-12(2)25-19(23)21-9-7-16-15(8-10-24-16)17(21)18(22)14-5-3-13(11-20)4-6-14/h3-10,12,18H,1-2H3. The van der Waals surface area contributed by atoms with Crippen LogP contribution in [0.25, 0.3) is 11.0 Å². The Morgan fingerprint density at radius 1 is 1.24 bits per heavy atom. The van der Waals surface area contributed by atoms with Gasteiger partial charge in [-0.2, -0.15) is 10.1 Å². The van der Waals surface area contributed by atoms with Crippen molar-refractivity contribution in [2.24, 2.45) is 0 Å². The van der Waals surface area contributed by atoms with Crippen LogP contribution in [0.15, 0.2) is 53.3 Å². The molecule has 0 aliphatic heterocycles. The van der Waals surface area contributed by atoms with Crippen molar-refractivity contribution in [1.82, 2.24) is 0 Å². The number of ether oxygens (including phenoxy) is 1. The predicted octanol–water partition coefficient (Wildman–Crippen LogP) is 2.43. The van der Waals surface area contributed by atoms with Crippen LogP contribution in [0.2, 0.25) is 0 Å². The molecular weight excluding hydrogens is 320 g/mol. The fraction of sp³-hybridized carbons (Fsp3) is 0.211. The summed E-state index contributed by atoms with van der Waals surface area (Å²) in [5, 5.41) is 22.5. The summed E-state index contributed by atoms with van der Waals surface area (Å²) < 4.78 is 11.8. The van der Waals surface area contributed by atoms with Gasteiger partial charge in [0.25, 0.3) is 0 Å². The number of furan rings is 1. The van der Waals surface area contributed by atoms with Crippen molar-refractivity contribution in [2.75, 3.05) is 0 Å². The van der Waals surface area contributed by atoms with Crippen LogP contribution in [0.3, 0.4) is 0 Å². The summed E-state index contributed by atoms with van der Waals surface area (Å²) in [5.41, 5.74) is 1.66. The lowest BCUT2D eigenvalue weighted by atomic mass is 10.0. The zero-order valence-electron chi connectivity index (χ0n) is 13.8. The van der Waals surface area contributed by atoms with E-state index in [1.165, 1.54) is 17.0 Å². The average Bonchev–Trinajstić information content (AvgIpc) is 3.08. The number of nitriles is 1. The Morgan fingerprint density at radius 3 is 2.60 bits per heavy atom. The number of rotatable bonds is 3. The summed E-state index contributed by atoms with van der Waals surface area (Å²) in [6.07, 6.45) is 0.669. The van der Waals surface area contributed by atoms with Gasteiger partial charge in [-0.05, 0) is 38.2 Å². The van der Waals surface area contributed by atoms with Crippen molar-refractivity contribution in [1.29, 1.82) is 5.26 Å². The second kappa shape index (κ2) is 6.75. The largest absolute Gasteiger partial charge is 0.841 e. The van der Waals surface area contributed by atoms with Gasteiger partial charge in [0.05, 0.1) is 23.3 Å². The second-order valence-electron chi connectivity index (χ2n) is 5.82. The molecule has 2 aromatic heterocycles. The Bertz CT molecular complexity index is 952. The van der Waals surface area contributed by atoms with Crippen molar-refractivity contribution in [3.8, 4) is 6.07 Å². The maximum absolute atomic E-state index is 13.1. The summed E-state index contributed by atoms with van der Waals surface area (Å²) in [4.78, 5) is 12.4. The third-order valence-electron chi connectivity index (χ3n) is 3.73. The van der Waals surface area contributed by atoms with Crippen molar-refractivity contribution < 1.29 is 23.6 Å². The van der Waals surface area contributed by atoms with Crippen LogP contribution < -0.4 is 9.67 Å². The molecule has 2 heterocycles. The van der Waals surface area contributed by atoms with Crippen molar-refractivity contribution in [2.45, 2.75) is 26.1 Å². The highest BCUT2D eigenvalue weighted by molar-refractivity contribution is 5.80. The first-order chi connectivity index (χ1) is 12.0. The van der Waals surface area contributed by atoms with Gasteiger partial charge in [0.2, 0.25) is 0 Å². The molecule has 0 saturated carbocycles. The molecule has 1 atom stereocenters. The molecule has 0 saturated heterocycles. The molecule has 3 aromatic rings. The summed E-state index contributed by atoms with van der Waals surface area (Å²) >= 11 is 0. The molecule has 0 bridgehead atoms. The Labute approximate surface area is 144 Å². The predicted molar refractivity (Wildman–Crippen MR) is 86.4 cm³/mol. The number of nitrogens with zero attached hydrogens (tertiary/aromatic N) is 2. The van der Waals surface area contributed by atoms with Gasteiger partial charge in [0, 0.05) is 6.07 Å². The van der Waals surface area contributed by atoms with E-state index in [1.807, 2.05) is 6.07 Å². The third kappa shape index (κ3) is 3.23. The number of hydrogen-bond donors (Lipinski definition) is 0. The van der Waals surface area contributed by atoms with Crippen molar-refractivity contribution in [3.05, 3.63) is 65.7 Å². The van der Waals surface area contributed by atoms with Crippen LogP contribution in [-0.4, -0.2) is 12.2 Å². The number of benzene rings is 1. The Balaban J connectivity index is 2.12. The molecule has 0 aliphatic carbocycles. The van der Waals surface area contributed by atoms with E-state index in [1.54, 1.807) is 50.2 Å². The summed E-state index contributed by atoms with van der Waals surface area (Å²) in [6, 6.07) is 11.6. The molecule has 25 heavy (non-hydrogen) atoms. The van der Waals surface area contributed by atoms with Gasteiger partial charge in [-0.15, -0.1) is 0 Å². The van der Waals surface area contributed by atoms with Crippen LogP contribution in [0.5, 0.6) is 0 Å². The monoisotopic (exact) mass is 336 g/mol. The number of hydrogen-bond acceptors (Lipinski definition) is 5. The lowest BCUT2D eigenvalue weighted by Crippen LogP contribution is -2.50. The van der Waals surface area contributed by atoms with E-state index >= 15 is 0 Å². The van der Waals surface area contributed by atoms with Gasteiger partial charge < -0.3 is 14.3 Å². The van der Waals surface area contributed by atoms with E-state index in [-0.39, 0.29) is 11.8 Å². The lowest BCUT2D eigenvalue weighted by molar-refractivity contribution is -0.613. The maximum atomic E-state index is 13.1. The number of carbonyl (C=O) groups is 1. The molecule has 6 heteroatoms. The van der Waals surface area contributed by atoms with Gasteiger partial charge in [-0.25, -0.2) is 0 Å². The van der Waals surface area contributed by atoms with Crippen molar-refractivity contribution in [3.63, 3.8) is 0 Å². The Kier molecular flexibility index (Phi) is 4.50.